The molecule has 1 unspecified atom stereocenters. The second-order valence-electron chi connectivity index (χ2n) is 7.00. The molecule has 0 saturated heterocycles. The molecule has 0 aliphatic heterocycles. The number of aromatic amines is 1. The van der Waals surface area contributed by atoms with E-state index in [1.807, 2.05) is 12.1 Å². The molecule has 0 bridgehead atoms. The van der Waals surface area contributed by atoms with Gasteiger partial charge in [-0.15, -0.1) is 0 Å². The van der Waals surface area contributed by atoms with E-state index in [1.54, 1.807) is 6.33 Å². The van der Waals surface area contributed by atoms with Crippen molar-refractivity contribution in [2.75, 3.05) is 0 Å². The fourth-order valence-corrected chi connectivity index (χ4v) is 4.39. The monoisotopic (exact) mass is 343 g/mol. The number of carbonyl (C=O) groups excluding carboxylic acids is 1. The number of imidazole rings is 1. The molecule has 1 fully saturated rings. The summed E-state index contributed by atoms with van der Waals surface area (Å²) < 4.78 is 0. The van der Waals surface area contributed by atoms with Crippen molar-refractivity contribution in [1.82, 2.24) is 15.3 Å². The quantitative estimate of drug-likeness (QED) is 0.882. The van der Waals surface area contributed by atoms with Crippen LogP contribution in [-0.2, 0) is 16.8 Å². The first-order valence-electron chi connectivity index (χ1n) is 8.78. The van der Waals surface area contributed by atoms with E-state index in [0.29, 0.717) is 0 Å². The van der Waals surface area contributed by atoms with Gasteiger partial charge < -0.3 is 10.3 Å². The van der Waals surface area contributed by atoms with Crippen molar-refractivity contribution in [2.24, 2.45) is 0 Å². The van der Waals surface area contributed by atoms with Crippen LogP contribution in [0.5, 0.6) is 0 Å². The first kappa shape index (κ1) is 15.7. The van der Waals surface area contributed by atoms with Crippen molar-refractivity contribution < 1.29 is 4.79 Å². The lowest BCUT2D eigenvalue weighted by Gasteiger charge is -2.33. The summed E-state index contributed by atoms with van der Waals surface area (Å²) in [6.07, 6.45) is 8.85. The highest BCUT2D eigenvalue weighted by atomic mass is 35.5. The maximum absolute atomic E-state index is 13.1. The standard InChI is InChI=1S/C19H22ClN3O/c20-14-8-6-13(7-9-14)19(10-1-2-11-19)23-18(24)15-4-3-5-16-17(15)22-12-21-16/h6-9,12,15H,1-5,10-11H2,(H,21,22)(H,23,24). The minimum Gasteiger partial charge on any atom is -0.348 e. The third-order valence-electron chi connectivity index (χ3n) is 5.53. The fourth-order valence-electron chi connectivity index (χ4n) is 4.26. The molecular formula is C19H22ClN3O. The highest BCUT2D eigenvalue weighted by Crippen LogP contribution is 2.40. The van der Waals surface area contributed by atoms with Crippen LogP contribution in [0, 0.1) is 0 Å². The fraction of sp³-hybridized carbons (Fsp3) is 0.474. The van der Waals surface area contributed by atoms with Gasteiger partial charge in [0.05, 0.1) is 23.5 Å². The second-order valence-corrected chi connectivity index (χ2v) is 7.43. The number of carbonyl (C=O) groups is 1. The van der Waals surface area contributed by atoms with Crippen LogP contribution in [-0.4, -0.2) is 15.9 Å². The normalized spacial score (nSPS) is 22.1. The van der Waals surface area contributed by atoms with E-state index < -0.39 is 0 Å². The molecule has 1 heterocycles. The first-order chi connectivity index (χ1) is 11.7. The molecule has 1 aromatic heterocycles. The number of hydrogen-bond donors (Lipinski definition) is 2. The number of benzene rings is 1. The van der Waals surface area contributed by atoms with Gasteiger partial charge in [0.25, 0.3) is 0 Å². The van der Waals surface area contributed by atoms with Gasteiger partial charge in [-0.25, -0.2) is 4.98 Å². The molecule has 2 aliphatic rings. The molecule has 2 N–H and O–H groups in total. The lowest BCUT2D eigenvalue weighted by atomic mass is 9.85. The zero-order valence-electron chi connectivity index (χ0n) is 13.6. The Morgan fingerprint density at radius 2 is 1.96 bits per heavy atom. The van der Waals surface area contributed by atoms with E-state index >= 15 is 0 Å². The molecule has 1 aromatic carbocycles. The Morgan fingerprint density at radius 1 is 1.21 bits per heavy atom. The van der Waals surface area contributed by atoms with Gasteiger partial charge >= 0.3 is 0 Å². The maximum atomic E-state index is 13.1. The van der Waals surface area contributed by atoms with E-state index in [9.17, 15) is 4.79 Å². The molecule has 0 radical (unpaired) electrons. The Labute approximate surface area is 147 Å². The van der Waals surface area contributed by atoms with Crippen LogP contribution in [0.2, 0.25) is 5.02 Å². The van der Waals surface area contributed by atoms with Crippen LogP contribution in [0.25, 0.3) is 0 Å². The van der Waals surface area contributed by atoms with Gasteiger partial charge in [0.15, 0.2) is 0 Å². The predicted octanol–water partition coefficient (Wildman–Crippen LogP) is 4.07. The number of H-pyrrole nitrogens is 1. The van der Waals surface area contributed by atoms with Gasteiger partial charge in [0.2, 0.25) is 5.91 Å². The maximum Gasteiger partial charge on any atom is 0.229 e. The van der Waals surface area contributed by atoms with E-state index in [0.717, 1.165) is 66.9 Å². The SMILES string of the molecule is O=C(NC1(c2ccc(Cl)cc2)CCCC1)C1CCCc2[nH]cnc21. The molecule has 2 aromatic rings. The Balaban J connectivity index is 1.60. The third-order valence-corrected chi connectivity index (χ3v) is 5.79. The Bertz CT molecular complexity index is 731. The van der Waals surface area contributed by atoms with Crippen molar-refractivity contribution in [3.63, 3.8) is 0 Å². The van der Waals surface area contributed by atoms with E-state index in [1.165, 1.54) is 0 Å². The lowest BCUT2D eigenvalue weighted by molar-refractivity contribution is -0.125. The molecule has 2 aliphatic carbocycles. The lowest BCUT2D eigenvalue weighted by Crippen LogP contribution is -2.46. The minimum atomic E-state index is -0.254. The Kier molecular flexibility index (Phi) is 4.09. The minimum absolute atomic E-state index is 0.111. The molecule has 126 valence electrons. The summed E-state index contributed by atoms with van der Waals surface area (Å²) in [4.78, 5) is 20.7. The zero-order chi connectivity index (χ0) is 16.6. The molecule has 24 heavy (non-hydrogen) atoms. The van der Waals surface area contributed by atoms with E-state index in [4.69, 9.17) is 11.6 Å². The van der Waals surface area contributed by atoms with Crippen molar-refractivity contribution in [2.45, 2.75) is 56.4 Å². The number of hydrogen-bond acceptors (Lipinski definition) is 2. The predicted molar refractivity (Wildman–Crippen MR) is 94.0 cm³/mol. The van der Waals surface area contributed by atoms with Crippen molar-refractivity contribution in [3.05, 3.63) is 52.6 Å². The molecule has 4 nitrogen and oxygen atoms in total. The second kappa shape index (κ2) is 6.25. The molecule has 4 rings (SSSR count). The van der Waals surface area contributed by atoms with Crippen molar-refractivity contribution in [3.8, 4) is 0 Å². The Hall–Kier alpha value is -1.81. The smallest absolute Gasteiger partial charge is 0.229 e. The number of aromatic nitrogens is 2. The van der Waals surface area contributed by atoms with Gasteiger partial charge in [-0.05, 0) is 49.8 Å². The molecular weight excluding hydrogens is 322 g/mol. The molecule has 0 spiro atoms. The average Bonchev–Trinajstić information content (AvgIpc) is 3.24. The van der Waals surface area contributed by atoms with E-state index in [-0.39, 0.29) is 17.4 Å². The third kappa shape index (κ3) is 2.73. The molecule has 1 saturated carbocycles. The van der Waals surface area contributed by atoms with Crippen LogP contribution >= 0.6 is 11.6 Å². The largest absolute Gasteiger partial charge is 0.348 e. The number of nitrogens with one attached hydrogen (secondary N) is 2. The van der Waals surface area contributed by atoms with Crippen LogP contribution < -0.4 is 5.32 Å². The van der Waals surface area contributed by atoms with Gasteiger partial charge in [0, 0.05) is 10.7 Å². The number of halogens is 1. The number of fused-ring (bicyclic) bond motifs is 1. The highest BCUT2D eigenvalue weighted by molar-refractivity contribution is 6.30. The van der Waals surface area contributed by atoms with Crippen LogP contribution in [0.3, 0.4) is 0 Å². The summed E-state index contributed by atoms with van der Waals surface area (Å²) in [5.41, 5.74) is 2.96. The highest BCUT2D eigenvalue weighted by Gasteiger charge is 2.39. The topological polar surface area (TPSA) is 57.8 Å². The summed E-state index contributed by atoms with van der Waals surface area (Å²) in [7, 11) is 0. The first-order valence-corrected chi connectivity index (χ1v) is 9.16. The molecule has 5 heteroatoms. The summed E-state index contributed by atoms with van der Waals surface area (Å²) in [6, 6.07) is 7.93. The van der Waals surface area contributed by atoms with Gasteiger partial charge in [-0.1, -0.05) is 36.6 Å². The van der Waals surface area contributed by atoms with Crippen LogP contribution in [0.4, 0.5) is 0 Å². The number of amides is 1. The molecule has 1 amide bonds. The van der Waals surface area contributed by atoms with E-state index in [2.05, 4.69) is 27.4 Å². The number of aryl methyl sites for hydroxylation is 1. The average molecular weight is 344 g/mol. The van der Waals surface area contributed by atoms with Gasteiger partial charge in [-0.3, -0.25) is 4.79 Å². The molecule has 1 atom stereocenters. The summed E-state index contributed by atoms with van der Waals surface area (Å²) in [5.74, 6) is -0.0234. The van der Waals surface area contributed by atoms with Crippen LogP contribution in [0.15, 0.2) is 30.6 Å². The summed E-state index contributed by atoms with van der Waals surface area (Å²) >= 11 is 6.04. The summed E-state index contributed by atoms with van der Waals surface area (Å²) in [6.45, 7) is 0. The van der Waals surface area contributed by atoms with Gasteiger partial charge in [-0.2, -0.15) is 0 Å². The van der Waals surface area contributed by atoms with Crippen molar-refractivity contribution in [1.29, 1.82) is 0 Å². The summed E-state index contributed by atoms with van der Waals surface area (Å²) in [5, 5.41) is 4.12. The Morgan fingerprint density at radius 3 is 2.71 bits per heavy atom. The van der Waals surface area contributed by atoms with Gasteiger partial charge in [0.1, 0.15) is 0 Å². The number of nitrogens with zero attached hydrogens (tertiary/aromatic N) is 1. The van der Waals surface area contributed by atoms with Crippen molar-refractivity contribution >= 4 is 17.5 Å². The van der Waals surface area contributed by atoms with Crippen LogP contribution in [0.1, 0.15) is 61.4 Å². The number of rotatable bonds is 3. The zero-order valence-corrected chi connectivity index (χ0v) is 14.4.